The molecule has 0 aliphatic rings. The van der Waals surface area contributed by atoms with Crippen molar-refractivity contribution in [2.45, 2.75) is 39.5 Å². The van der Waals surface area contributed by atoms with E-state index in [1.165, 1.54) is 25.0 Å². The Morgan fingerprint density at radius 1 is 1.19 bits per heavy atom. The molecule has 0 spiro atoms. The number of carbonyl (C=O) groups is 2. The zero-order valence-corrected chi connectivity index (χ0v) is 12.7. The van der Waals surface area contributed by atoms with Crippen molar-refractivity contribution in [2.24, 2.45) is 5.92 Å². The van der Waals surface area contributed by atoms with Crippen LogP contribution in [0.25, 0.3) is 0 Å². The van der Waals surface area contributed by atoms with Gasteiger partial charge >= 0.3 is 12.0 Å². The van der Waals surface area contributed by atoms with Crippen LogP contribution in [0.2, 0.25) is 0 Å². The maximum Gasteiger partial charge on any atom is 0.335 e. The monoisotopic (exact) mass is 292 g/mol. The number of carbonyl (C=O) groups excluding carboxylic acids is 1. The third-order valence-corrected chi connectivity index (χ3v) is 3.48. The number of unbranched alkanes of at least 4 members (excludes halogenated alkanes) is 1. The van der Waals surface area contributed by atoms with E-state index in [4.69, 9.17) is 5.11 Å². The lowest BCUT2D eigenvalue weighted by atomic mass is 9.99. The van der Waals surface area contributed by atoms with Crippen molar-refractivity contribution < 1.29 is 14.7 Å². The molecule has 21 heavy (non-hydrogen) atoms. The van der Waals surface area contributed by atoms with Crippen LogP contribution in [-0.4, -0.2) is 23.7 Å². The van der Waals surface area contributed by atoms with E-state index >= 15 is 0 Å². The fourth-order valence-electron chi connectivity index (χ4n) is 2.05. The van der Waals surface area contributed by atoms with Crippen LogP contribution in [-0.2, 0) is 0 Å². The summed E-state index contributed by atoms with van der Waals surface area (Å²) in [7, 11) is 0. The van der Waals surface area contributed by atoms with Crippen molar-refractivity contribution in [1.82, 2.24) is 5.32 Å². The molecule has 0 fully saturated rings. The number of nitrogens with one attached hydrogen (secondary N) is 2. The van der Waals surface area contributed by atoms with Crippen LogP contribution < -0.4 is 10.6 Å². The maximum atomic E-state index is 11.8. The Balaban J connectivity index is 2.40. The maximum absolute atomic E-state index is 11.8. The first kappa shape index (κ1) is 17.0. The van der Waals surface area contributed by atoms with Crippen molar-refractivity contribution >= 4 is 17.7 Å². The van der Waals surface area contributed by atoms with Crippen molar-refractivity contribution in [3.05, 3.63) is 29.8 Å². The van der Waals surface area contributed by atoms with Gasteiger partial charge in [-0.3, -0.25) is 0 Å². The molecule has 0 saturated heterocycles. The zero-order valence-electron chi connectivity index (χ0n) is 12.7. The number of aromatic carboxylic acids is 1. The van der Waals surface area contributed by atoms with E-state index in [2.05, 4.69) is 24.5 Å². The van der Waals surface area contributed by atoms with Gasteiger partial charge in [0, 0.05) is 12.2 Å². The highest BCUT2D eigenvalue weighted by atomic mass is 16.4. The lowest BCUT2D eigenvalue weighted by Gasteiger charge is -2.15. The number of carboxylic acid groups (broad SMARTS) is 1. The Bertz CT molecular complexity index is 457. The molecule has 116 valence electrons. The summed E-state index contributed by atoms with van der Waals surface area (Å²) in [5.41, 5.74) is 0.783. The average Bonchev–Trinajstić information content (AvgIpc) is 2.48. The fraction of sp³-hybridized carbons (Fsp3) is 0.500. The van der Waals surface area contributed by atoms with Crippen molar-refractivity contribution in [1.29, 1.82) is 0 Å². The van der Waals surface area contributed by atoms with E-state index in [0.717, 1.165) is 12.8 Å². The van der Waals surface area contributed by atoms with Crippen LogP contribution in [0.1, 0.15) is 49.9 Å². The van der Waals surface area contributed by atoms with Gasteiger partial charge in [-0.05, 0) is 36.6 Å². The Kier molecular flexibility index (Phi) is 7.29. The van der Waals surface area contributed by atoms with Crippen LogP contribution in [0.5, 0.6) is 0 Å². The number of benzene rings is 1. The second-order valence-corrected chi connectivity index (χ2v) is 5.13. The fourth-order valence-corrected chi connectivity index (χ4v) is 2.05. The van der Waals surface area contributed by atoms with Gasteiger partial charge in [-0.1, -0.05) is 33.1 Å². The minimum atomic E-state index is -0.979. The normalized spacial score (nSPS) is 11.7. The first-order valence-electron chi connectivity index (χ1n) is 7.45. The number of hydrogen-bond acceptors (Lipinski definition) is 2. The molecule has 1 aromatic carbocycles. The summed E-state index contributed by atoms with van der Waals surface area (Å²) >= 11 is 0. The Hall–Kier alpha value is -2.04. The standard InChI is InChI=1S/C16H24N2O3/c1-3-5-6-12(4-2)11-17-16(21)18-14-9-7-13(8-10-14)15(19)20/h7-10,12H,3-6,11H2,1-2H3,(H,19,20)(H2,17,18,21). The molecule has 5 nitrogen and oxygen atoms in total. The minimum Gasteiger partial charge on any atom is -0.478 e. The SMILES string of the molecule is CCCCC(CC)CNC(=O)Nc1ccc(C(=O)O)cc1. The van der Waals surface area contributed by atoms with Crippen LogP contribution in [0, 0.1) is 5.92 Å². The van der Waals surface area contributed by atoms with Crippen LogP contribution in [0.15, 0.2) is 24.3 Å². The van der Waals surface area contributed by atoms with Gasteiger partial charge in [-0.2, -0.15) is 0 Å². The molecule has 3 N–H and O–H groups in total. The van der Waals surface area contributed by atoms with E-state index in [1.807, 2.05) is 0 Å². The van der Waals surface area contributed by atoms with Gasteiger partial charge < -0.3 is 15.7 Å². The first-order chi connectivity index (χ1) is 10.1. The van der Waals surface area contributed by atoms with Crippen molar-refractivity contribution in [2.75, 3.05) is 11.9 Å². The molecule has 2 amide bonds. The molecule has 1 aromatic rings. The quantitative estimate of drug-likeness (QED) is 0.683. The highest BCUT2D eigenvalue weighted by Gasteiger charge is 2.08. The minimum absolute atomic E-state index is 0.201. The zero-order chi connectivity index (χ0) is 15.7. The summed E-state index contributed by atoms with van der Waals surface area (Å²) in [4.78, 5) is 22.5. The number of carboxylic acids is 1. The molecular weight excluding hydrogens is 268 g/mol. The van der Waals surface area contributed by atoms with Crippen molar-refractivity contribution in [3.63, 3.8) is 0 Å². The predicted molar refractivity (Wildman–Crippen MR) is 83.7 cm³/mol. The number of urea groups is 1. The number of hydrogen-bond donors (Lipinski definition) is 3. The van der Waals surface area contributed by atoms with Crippen LogP contribution in [0.3, 0.4) is 0 Å². The first-order valence-corrected chi connectivity index (χ1v) is 7.45. The summed E-state index contributed by atoms with van der Waals surface area (Å²) in [6.45, 7) is 4.95. The summed E-state index contributed by atoms with van der Waals surface area (Å²) in [6, 6.07) is 5.84. The lowest BCUT2D eigenvalue weighted by Crippen LogP contribution is -2.33. The summed E-state index contributed by atoms with van der Waals surface area (Å²) < 4.78 is 0. The van der Waals surface area contributed by atoms with Gasteiger partial charge in [0.05, 0.1) is 5.56 Å². The largest absolute Gasteiger partial charge is 0.478 e. The van der Waals surface area contributed by atoms with Gasteiger partial charge in [0.1, 0.15) is 0 Å². The molecule has 0 heterocycles. The highest BCUT2D eigenvalue weighted by Crippen LogP contribution is 2.12. The molecule has 0 aromatic heterocycles. The molecule has 5 heteroatoms. The van der Waals surface area contributed by atoms with Crippen LogP contribution in [0.4, 0.5) is 10.5 Å². The Labute approximate surface area is 125 Å². The summed E-state index contributed by atoms with van der Waals surface area (Å²) in [6.07, 6.45) is 4.52. The average molecular weight is 292 g/mol. The molecule has 0 aliphatic heterocycles. The van der Waals surface area contributed by atoms with Gasteiger partial charge in [0.15, 0.2) is 0 Å². The van der Waals surface area contributed by atoms with Gasteiger partial charge in [-0.25, -0.2) is 9.59 Å². The molecule has 0 bridgehead atoms. The van der Waals surface area contributed by atoms with E-state index in [0.29, 0.717) is 18.2 Å². The molecule has 1 atom stereocenters. The van der Waals surface area contributed by atoms with Crippen LogP contribution >= 0.6 is 0 Å². The molecular formula is C16H24N2O3. The second-order valence-electron chi connectivity index (χ2n) is 5.13. The topological polar surface area (TPSA) is 78.4 Å². The van der Waals surface area contributed by atoms with E-state index in [-0.39, 0.29) is 11.6 Å². The van der Waals surface area contributed by atoms with E-state index < -0.39 is 5.97 Å². The molecule has 1 unspecified atom stereocenters. The number of amides is 2. The van der Waals surface area contributed by atoms with Crippen molar-refractivity contribution in [3.8, 4) is 0 Å². The van der Waals surface area contributed by atoms with Gasteiger partial charge in [-0.15, -0.1) is 0 Å². The third-order valence-electron chi connectivity index (χ3n) is 3.48. The number of anilines is 1. The van der Waals surface area contributed by atoms with Gasteiger partial charge in [0.25, 0.3) is 0 Å². The summed E-state index contributed by atoms with van der Waals surface area (Å²) in [5, 5.41) is 14.4. The van der Waals surface area contributed by atoms with E-state index in [1.54, 1.807) is 12.1 Å². The Morgan fingerprint density at radius 3 is 2.38 bits per heavy atom. The summed E-state index contributed by atoms with van der Waals surface area (Å²) in [5.74, 6) is -0.474. The lowest BCUT2D eigenvalue weighted by molar-refractivity contribution is 0.0697. The predicted octanol–water partition coefficient (Wildman–Crippen LogP) is 3.72. The highest BCUT2D eigenvalue weighted by molar-refractivity contribution is 5.91. The number of rotatable bonds is 8. The molecule has 0 radical (unpaired) electrons. The Morgan fingerprint density at radius 2 is 1.86 bits per heavy atom. The third kappa shape index (κ3) is 6.29. The molecule has 0 saturated carbocycles. The van der Waals surface area contributed by atoms with E-state index in [9.17, 15) is 9.59 Å². The molecule has 0 aliphatic carbocycles. The van der Waals surface area contributed by atoms with Gasteiger partial charge in [0.2, 0.25) is 0 Å². The molecule has 1 rings (SSSR count). The smallest absolute Gasteiger partial charge is 0.335 e. The second kappa shape index (κ2) is 9.00.